The first kappa shape index (κ1) is 20.2. The number of ether oxygens (including phenoxy) is 2. The van der Waals surface area contributed by atoms with Gasteiger partial charge < -0.3 is 14.8 Å². The van der Waals surface area contributed by atoms with Gasteiger partial charge in [-0.05, 0) is 63.1 Å². The van der Waals surface area contributed by atoms with Gasteiger partial charge in [-0.15, -0.1) is 0 Å². The largest absolute Gasteiger partial charge is 0.482 e. The van der Waals surface area contributed by atoms with Gasteiger partial charge in [0.15, 0.2) is 12.7 Å². The number of hydrogen-bond donors (Lipinski definition) is 1. The fraction of sp³-hybridized carbons (Fsp3) is 0.286. The molecule has 0 aliphatic carbocycles. The summed E-state index contributed by atoms with van der Waals surface area (Å²) < 4.78 is 10.4. The maximum absolute atomic E-state index is 12.3. The van der Waals surface area contributed by atoms with Gasteiger partial charge in [0, 0.05) is 11.3 Å². The molecule has 1 amide bonds. The monoisotopic (exact) mass is 369 g/mol. The highest BCUT2D eigenvalue weighted by molar-refractivity contribution is 5.96. The summed E-state index contributed by atoms with van der Waals surface area (Å²) in [5.74, 6) is -0.635. The van der Waals surface area contributed by atoms with Crippen LogP contribution in [0.4, 0.5) is 5.69 Å². The van der Waals surface area contributed by atoms with E-state index in [0.29, 0.717) is 11.3 Å². The van der Waals surface area contributed by atoms with E-state index in [9.17, 15) is 14.4 Å². The van der Waals surface area contributed by atoms with E-state index in [1.807, 2.05) is 32.9 Å². The Balaban J connectivity index is 1.88. The second-order valence-electron chi connectivity index (χ2n) is 6.37. The molecule has 142 valence electrons. The second kappa shape index (κ2) is 8.98. The van der Waals surface area contributed by atoms with Gasteiger partial charge in [0.2, 0.25) is 0 Å². The Labute approximate surface area is 158 Å². The third kappa shape index (κ3) is 5.67. The molecule has 6 nitrogen and oxygen atoms in total. The SMILES string of the molecule is Cc1cc(C)c(NC(=O)[C@@H](C)OC(=O)COc2ccc(C=O)cc2)c(C)c1. The first-order valence-corrected chi connectivity index (χ1v) is 8.56. The molecular formula is C21H23NO5. The summed E-state index contributed by atoms with van der Waals surface area (Å²) in [5, 5.41) is 2.81. The van der Waals surface area contributed by atoms with E-state index in [1.54, 1.807) is 24.3 Å². The van der Waals surface area contributed by atoms with Crippen LogP contribution >= 0.6 is 0 Å². The van der Waals surface area contributed by atoms with Crippen LogP contribution in [0.5, 0.6) is 5.75 Å². The molecule has 0 bridgehead atoms. The number of aldehydes is 1. The number of carbonyl (C=O) groups excluding carboxylic acids is 3. The van der Waals surface area contributed by atoms with Gasteiger partial charge in [0.05, 0.1) is 0 Å². The fourth-order valence-electron chi connectivity index (χ4n) is 2.67. The maximum Gasteiger partial charge on any atom is 0.344 e. The molecule has 0 saturated carbocycles. The normalized spacial score (nSPS) is 11.4. The molecule has 0 aliphatic rings. The summed E-state index contributed by atoms with van der Waals surface area (Å²) >= 11 is 0. The van der Waals surface area contributed by atoms with E-state index in [1.165, 1.54) is 6.92 Å². The van der Waals surface area contributed by atoms with Crippen LogP contribution in [0.2, 0.25) is 0 Å². The third-order valence-electron chi connectivity index (χ3n) is 3.98. The number of nitrogens with one attached hydrogen (secondary N) is 1. The standard InChI is InChI=1S/C21H23NO5/c1-13-9-14(2)20(15(3)10-13)22-21(25)16(4)27-19(24)12-26-18-7-5-17(11-23)6-8-18/h5-11,16H,12H2,1-4H3,(H,22,25)/t16-/m1/s1. The van der Waals surface area contributed by atoms with Gasteiger partial charge >= 0.3 is 5.97 Å². The van der Waals surface area contributed by atoms with E-state index < -0.39 is 18.0 Å². The Bertz CT molecular complexity index is 819. The zero-order chi connectivity index (χ0) is 20.0. The lowest BCUT2D eigenvalue weighted by Crippen LogP contribution is -2.32. The fourth-order valence-corrected chi connectivity index (χ4v) is 2.67. The van der Waals surface area contributed by atoms with Crippen molar-refractivity contribution in [3.05, 3.63) is 58.7 Å². The maximum atomic E-state index is 12.3. The molecule has 0 unspecified atom stereocenters. The molecule has 0 heterocycles. The molecule has 0 saturated heterocycles. The molecule has 0 spiro atoms. The Morgan fingerprint density at radius 3 is 2.22 bits per heavy atom. The average molecular weight is 369 g/mol. The Morgan fingerprint density at radius 2 is 1.67 bits per heavy atom. The Hall–Kier alpha value is -3.15. The summed E-state index contributed by atoms with van der Waals surface area (Å²) in [6.07, 6.45) is -0.242. The van der Waals surface area contributed by atoms with Gasteiger partial charge in [-0.3, -0.25) is 9.59 Å². The first-order valence-electron chi connectivity index (χ1n) is 8.56. The van der Waals surface area contributed by atoms with Crippen LogP contribution in [0.25, 0.3) is 0 Å². The molecule has 2 aromatic rings. The van der Waals surface area contributed by atoms with Crippen LogP contribution in [0.1, 0.15) is 34.0 Å². The van der Waals surface area contributed by atoms with Gasteiger partial charge in [-0.25, -0.2) is 4.79 Å². The zero-order valence-corrected chi connectivity index (χ0v) is 15.9. The number of hydrogen-bond acceptors (Lipinski definition) is 5. The molecule has 0 aliphatic heterocycles. The van der Waals surface area contributed by atoms with Crippen molar-refractivity contribution in [3.63, 3.8) is 0 Å². The lowest BCUT2D eigenvalue weighted by molar-refractivity contribution is -0.155. The summed E-state index contributed by atoms with van der Waals surface area (Å²) in [4.78, 5) is 34.8. The van der Waals surface area contributed by atoms with E-state index in [2.05, 4.69) is 5.32 Å². The molecule has 0 radical (unpaired) electrons. The smallest absolute Gasteiger partial charge is 0.344 e. The number of anilines is 1. The highest BCUT2D eigenvalue weighted by Gasteiger charge is 2.19. The van der Waals surface area contributed by atoms with Crippen LogP contribution in [0.15, 0.2) is 36.4 Å². The average Bonchev–Trinajstić information content (AvgIpc) is 2.63. The van der Waals surface area contributed by atoms with E-state index >= 15 is 0 Å². The number of aryl methyl sites for hydroxylation is 3. The van der Waals surface area contributed by atoms with Crippen molar-refractivity contribution in [1.82, 2.24) is 0 Å². The quantitative estimate of drug-likeness (QED) is 0.598. The minimum absolute atomic E-state index is 0.333. The highest BCUT2D eigenvalue weighted by Crippen LogP contribution is 2.22. The topological polar surface area (TPSA) is 81.7 Å². The molecule has 1 atom stereocenters. The van der Waals surface area contributed by atoms with E-state index in [4.69, 9.17) is 9.47 Å². The minimum Gasteiger partial charge on any atom is -0.482 e. The lowest BCUT2D eigenvalue weighted by atomic mass is 10.0. The number of amides is 1. The molecule has 0 fully saturated rings. The second-order valence-corrected chi connectivity index (χ2v) is 6.37. The van der Waals surface area contributed by atoms with Crippen LogP contribution in [-0.4, -0.2) is 30.9 Å². The molecular weight excluding hydrogens is 346 g/mol. The number of esters is 1. The van der Waals surface area contributed by atoms with Gasteiger partial charge in [0.25, 0.3) is 5.91 Å². The third-order valence-corrected chi connectivity index (χ3v) is 3.98. The van der Waals surface area contributed by atoms with Crippen molar-refractivity contribution >= 4 is 23.9 Å². The molecule has 6 heteroatoms. The van der Waals surface area contributed by atoms with Crippen LogP contribution < -0.4 is 10.1 Å². The molecule has 0 aromatic heterocycles. The molecule has 1 N–H and O–H groups in total. The van der Waals surface area contributed by atoms with Crippen molar-refractivity contribution in [2.75, 3.05) is 11.9 Å². The zero-order valence-electron chi connectivity index (χ0n) is 15.9. The summed E-state index contributed by atoms with van der Waals surface area (Å²) in [7, 11) is 0. The van der Waals surface area contributed by atoms with Crippen molar-refractivity contribution in [3.8, 4) is 5.75 Å². The molecule has 2 aromatic carbocycles. The van der Waals surface area contributed by atoms with E-state index in [0.717, 1.165) is 28.7 Å². The predicted octanol–water partition coefficient (Wildman–Crippen LogP) is 3.37. The molecule has 27 heavy (non-hydrogen) atoms. The minimum atomic E-state index is -0.960. The predicted molar refractivity (Wildman–Crippen MR) is 102 cm³/mol. The van der Waals surface area contributed by atoms with Crippen LogP contribution in [-0.2, 0) is 14.3 Å². The van der Waals surface area contributed by atoms with Crippen LogP contribution in [0.3, 0.4) is 0 Å². The van der Waals surface area contributed by atoms with Gasteiger partial charge in [-0.1, -0.05) is 17.7 Å². The van der Waals surface area contributed by atoms with Crippen molar-refractivity contribution in [2.45, 2.75) is 33.8 Å². The summed E-state index contributed by atoms with van der Waals surface area (Å²) in [6, 6.07) is 10.3. The number of carbonyl (C=O) groups is 3. The lowest BCUT2D eigenvalue weighted by Gasteiger charge is -2.17. The van der Waals surface area contributed by atoms with Crippen LogP contribution in [0, 0.1) is 20.8 Å². The number of benzene rings is 2. The summed E-state index contributed by atoms with van der Waals surface area (Å²) in [6.45, 7) is 6.99. The van der Waals surface area contributed by atoms with Crippen molar-refractivity contribution < 1.29 is 23.9 Å². The Kier molecular flexibility index (Phi) is 6.71. The molecule has 2 rings (SSSR count). The first-order chi connectivity index (χ1) is 12.8. The van der Waals surface area contributed by atoms with Gasteiger partial charge in [0.1, 0.15) is 12.0 Å². The van der Waals surface area contributed by atoms with E-state index in [-0.39, 0.29) is 6.61 Å². The summed E-state index contributed by atoms with van der Waals surface area (Å²) in [5.41, 5.74) is 4.24. The highest BCUT2D eigenvalue weighted by atomic mass is 16.6. The number of rotatable bonds is 7. The Morgan fingerprint density at radius 1 is 1.07 bits per heavy atom. The van der Waals surface area contributed by atoms with Crippen molar-refractivity contribution in [2.24, 2.45) is 0 Å². The van der Waals surface area contributed by atoms with Crippen molar-refractivity contribution in [1.29, 1.82) is 0 Å². The van der Waals surface area contributed by atoms with Gasteiger partial charge in [-0.2, -0.15) is 0 Å².